The lowest BCUT2D eigenvalue weighted by Crippen LogP contribution is -2.40. The number of carbonyl (C=O) groups is 2. The van der Waals surface area contributed by atoms with E-state index in [-0.39, 0.29) is 11.3 Å². The zero-order valence-corrected chi connectivity index (χ0v) is 14.2. The molecule has 118 valence electrons. The van der Waals surface area contributed by atoms with Crippen LogP contribution in [0.1, 0.15) is 35.9 Å². The van der Waals surface area contributed by atoms with Gasteiger partial charge in [-0.25, -0.2) is 0 Å². The maximum atomic E-state index is 12.6. The Morgan fingerprint density at radius 1 is 1.17 bits per heavy atom. The van der Waals surface area contributed by atoms with Gasteiger partial charge < -0.3 is 9.69 Å². The van der Waals surface area contributed by atoms with Gasteiger partial charge in [-0.3, -0.25) is 4.79 Å². The molecule has 0 saturated carbocycles. The second kappa shape index (κ2) is 6.77. The number of amides is 1. The maximum absolute atomic E-state index is 12.6. The van der Waals surface area contributed by atoms with Crippen molar-refractivity contribution in [1.29, 1.82) is 0 Å². The predicted octanol–water partition coefficient (Wildman–Crippen LogP) is 4.62. The normalized spacial score (nSPS) is 20.0. The number of hydrogen-bond acceptors (Lipinski definition) is 3. The van der Waals surface area contributed by atoms with Crippen LogP contribution < -0.4 is 0 Å². The molecule has 0 fully saturated rings. The second-order valence-electron chi connectivity index (χ2n) is 5.27. The van der Waals surface area contributed by atoms with Crippen LogP contribution in [0.5, 0.6) is 0 Å². The molecule has 23 heavy (non-hydrogen) atoms. The van der Waals surface area contributed by atoms with Gasteiger partial charge >= 0.3 is 0 Å². The quantitative estimate of drug-likeness (QED) is 0.761. The molecule has 0 bridgehead atoms. The summed E-state index contributed by atoms with van der Waals surface area (Å²) in [6.45, 7) is 1.80. The van der Waals surface area contributed by atoms with Crippen molar-refractivity contribution in [2.45, 2.75) is 29.7 Å². The Hall–Kier alpha value is -1.78. The molecule has 1 aliphatic heterocycles. The first-order chi connectivity index (χ1) is 11.2. The third-order valence-corrected chi connectivity index (χ3v) is 5.59. The molecule has 0 N–H and O–H groups in total. The van der Waals surface area contributed by atoms with Crippen molar-refractivity contribution in [2.24, 2.45) is 0 Å². The van der Waals surface area contributed by atoms with Crippen LogP contribution in [0.2, 0.25) is 5.02 Å². The summed E-state index contributed by atoms with van der Waals surface area (Å²) < 4.78 is 0. The molecule has 3 rings (SSSR count). The first kappa shape index (κ1) is 16.1. The van der Waals surface area contributed by atoms with Crippen molar-refractivity contribution in [3.05, 3.63) is 64.7 Å². The van der Waals surface area contributed by atoms with Crippen molar-refractivity contribution >= 4 is 35.6 Å². The third kappa shape index (κ3) is 2.89. The Bertz CT molecular complexity index is 749. The number of rotatable bonds is 3. The number of hydrogen-bond donors (Lipinski definition) is 0. The van der Waals surface area contributed by atoms with E-state index in [2.05, 4.69) is 0 Å². The van der Waals surface area contributed by atoms with E-state index in [1.165, 1.54) is 0 Å². The van der Waals surface area contributed by atoms with Crippen LogP contribution in [0, 0.1) is 0 Å². The molecule has 0 aromatic heterocycles. The highest BCUT2D eigenvalue weighted by Gasteiger charge is 2.38. The second-order valence-corrected chi connectivity index (χ2v) is 6.79. The average molecular weight is 346 g/mol. The average Bonchev–Trinajstić information content (AvgIpc) is 2.59. The topological polar surface area (TPSA) is 37.4 Å². The summed E-state index contributed by atoms with van der Waals surface area (Å²) in [5.41, 5.74) is 1.72. The number of nitrogens with zero attached hydrogens (tertiary/aromatic N) is 1. The minimum absolute atomic E-state index is 0.0611. The smallest absolute Gasteiger partial charge is 0.224 e. The van der Waals surface area contributed by atoms with Gasteiger partial charge in [0.1, 0.15) is 17.7 Å². The van der Waals surface area contributed by atoms with Crippen molar-refractivity contribution in [3.8, 4) is 0 Å². The molecular formula is C18H16ClNO2S. The molecule has 2 atom stereocenters. The Morgan fingerprint density at radius 3 is 2.48 bits per heavy atom. The van der Waals surface area contributed by atoms with E-state index >= 15 is 0 Å². The summed E-state index contributed by atoms with van der Waals surface area (Å²) in [5.74, 6) is -0.0611. The fourth-order valence-electron chi connectivity index (χ4n) is 2.80. The fraction of sp³-hybridized carbons (Fsp3) is 0.222. The van der Waals surface area contributed by atoms with Crippen LogP contribution in [0.3, 0.4) is 0 Å². The van der Waals surface area contributed by atoms with E-state index < -0.39 is 6.04 Å². The Morgan fingerprint density at radius 2 is 1.83 bits per heavy atom. The lowest BCUT2D eigenvalue weighted by Gasteiger charge is -2.40. The van der Waals surface area contributed by atoms with Gasteiger partial charge in [-0.15, -0.1) is 0 Å². The highest BCUT2D eigenvalue weighted by Crippen LogP contribution is 2.50. The van der Waals surface area contributed by atoms with Gasteiger partial charge in [0.05, 0.1) is 0 Å². The minimum atomic E-state index is -0.582. The van der Waals surface area contributed by atoms with Crippen LogP contribution in [0.4, 0.5) is 0 Å². The standard InChI is InChI=1S/C18H16ClNO2S/c1-2-17(22)20-15(11-21)13-8-4-6-10-16(13)23-18(20)12-7-3-5-9-14(12)19/h3-11,15,18H,2H2,1H3. The zero-order chi connectivity index (χ0) is 16.4. The van der Waals surface area contributed by atoms with Crippen LogP contribution in [0.15, 0.2) is 53.4 Å². The van der Waals surface area contributed by atoms with Gasteiger partial charge in [-0.2, -0.15) is 0 Å². The van der Waals surface area contributed by atoms with Gasteiger partial charge in [0, 0.05) is 21.9 Å². The number of thioether (sulfide) groups is 1. The van der Waals surface area contributed by atoms with E-state index in [0.29, 0.717) is 11.4 Å². The monoisotopic (exact) mass is 345 g/mol. The molecule has 1 amide bonds. The third-order valence-electron chi connectivity index (χ3n) is 3.92. The van der Waals surface area contributed by atoms with Crippen LogP contribution in [-0.2, 0) is 9.59 Å². The summed E-state index contributed by atoms with van der Waals surface area (Å²) >= 11 is 7.91. The SMILES string of the molecule is CCC(=O)N1C(C=O)c2ccccc2SC1c1ccccc1Cl. The van der Waals surface area contributed by atoms with Gasteiger partial charge in [0.25, 0.3) is 0 Å². The van der Waals surface area contributed by atoms with Crippen LogP contribution in [0.25, 0.3) is 0 Å². The van der Waals surface area contributed by atoms with Crippen molar-refractivity contribution < 1.29 is 9.59 Å². The highest BCUT2D eigenvalue weighted by atomic mass is 35.5. The summed E-state index contributed by atoms with van der Waals surface area (Å²) in [7, 11) is 0. The summed E-state index contributed by atoms with van der Waals surface area (Å²) in [6.07, 6.45) is 1.18. The summed E-state index contributed by atoms with van der Waals surface area (Å²) in [4.78, 5) is 27.0. The van der Waals surface area contributed by atoms with Crippen LogP contribution >= 0.6 is 23.4 Å². The van der Waals surface area contributed by atoms with Crippen molar-refractivity contribution in [3.63, 3.8) is 0 Å². The highest BCUT2D eigenvalue weighted by molar-refractivity contribution is 7.99. The number of aldehydes is 1. The summed E-state index contributed by atoms with van der Waals surface area (Å²) in [5, 5.41) is 0.296. The molecule has 0 aliphatic carbocycles. The van der Waals surface area contributed by atoms with E-state index in [4.69, 9.17) is 11.6 Å². The van der Waals surface area contributed by atoms with E-state index in [9.17, 15) is 9.59 Å². The Kier molecular flexibility index (Phi) is 4.74. The molecule has 1 aliphatic rings. The molecule has 2 unspecified atom stereocenters. The number of halogens is 1. The molecule has 0 radical (unpaired) electrons. The number of benzene rings is 2. The number of fused-ring (bicyclic) bond motifs is 1. The first-order valence-electron chi connectivity index (χ1n) is 7.43. The van der Waals surface area contributed by atoms with E-state index in [0.717, 1.165) is 22.3 Å². The largest absolute Gasteiger partial charge is 0.312 e. The molecule has 2 aromatic carbocycles. The Labute approximate surface area is 144 Å². The minimum Gasteiger partial charge on any atom is -0.312 e. The van der Waals surface area contributed by atoms with Crippen LogP contribution in [-0.4, -0.2) is 17.1 Å². The molecule has 2 aromatic rings. The first-order valence-corrected chi connectivity index (χ1v) is 8.69. The van der Waals surface area contributed by atoms with Gasteiger partial charge in [0.15, 0.2) is 0 Å². The lowest BCUT2D eigenvalue weighted by atomic mass is 10.0. The van der Waals surface area contributed by atoms with E-state index in [1.54, 1.807) is 23.6 Å². The molecule has 0 spiro atoms. The molecule has 3 nitrogen and oxygen atoms in total. The van der Waals surface area contributed by atoms with Crippen molar-refractivity contribution in [1.82, 2.24) is 4.90 Å². The van der Waals surface area contributed by atoms with Crippen molar-refractivity contribution in [2.75, 3.05) is 0 Å². The maximum Gasteiger partial charge on any atom is 0.224 e. The van der Waals surface area contributed by atoms with Gasteiger partial charge in [-0.05, 0) is 17.7 Å². The molecule has 1 heterocycles. The zero-order valence-electron chi connectivity index (χ0n) is 12.6. The van der Waals surface area contributed by atoms with Gasteiger partial charge in [-0.1, -0.05) is 66.7 Å². The molecule has 5 heteroatoms. The van der Waals surface area contributed by atoms with Gasteiger partial charge in [0.2, 0.25) is 5.91 Å². The molecule has 0 saturated heterocycles. The fourth-order valence-corrected chi connectivity index (χ4v) is 4.52. The Balaban J connectivity index is 2.16. The molecular weight excluding hydrogens is 330 g/mol. The summed E-state index contributed by atoms with van der Waals surface area (Å²) in [6, 6.07) is 14.6. The number of carbonyl (C=O) groups excluding carboxylic acids is 2. The lowest BCUT2D eigenvalue weighted by molar-refractivity contribution is -0.137. The van der Waals surface area contributed by atoms with E-state index in [1.807, 2.05) is 48.5 Å². The predicted molar refractivity (Wildman–Crippen MR) is 92.4 cm³/mol.